The van der Waals surface area contributed by atoms with E-state index in [0.717, 1.165) is 41.5 Å². The topological polar surface area (TPSA) is 52.6 Å². The molecule has 29 heavy (non-hydrogen) atoms. The van der Waals surface area contributed by atoms with Crippen LogP contribution in [0, 0.1) is 19.8 Å². The van der Waals surface area contributed by atoms with E-state index in [2.05, 4.69) is 13.8 Å². The van der Waals surface area contributed by atoms with E-state index in [9.17, 15) is 9.59 Å². The summed E-state index contributed by atoms with van der Waals surface area (Å²) in [6, 6.07) is 9.42. The zero-order valence-corrected chi connectivity index (χ0v) is 18.4. The van der Waals surface area contributed by atoms with Crippen LogP contribution >= 0.6 is 11.3 Å². The Kier molecular flexibility index (Phi) is 6.91. The lowest BCUT2D eigenvalue weighted by atomic mass is 10.0. The lowest BCUT2D eigenvalue weighted by Crippen LogP contribution is -2.17. The number of hydrogen-bond acceptors (Lipinski definition) is 5. The highest BCUT2D eigenvalue weighted by atomic mass is 32.1. The van der Waals surface area contributed by atoms with Crippen molar-refractivity contribution < 1.29 is 14.3 Å². The first kappa shape index (κ1) is 21.3. The summed E-state index contributed by atoms with van der Waals surface area (Å²) in [5, 5.41) is 1.30. The molecule has 154 valence electrons. The van der Waals surface area contributed by atoms with Crippen LogP contribution in [-0.4, -0.2) is 12.8 Å². The van der Waals surface area contributed by atoms with Crippen LogP contribution in [0.15, 0.2) is 35.1 Å². The van der Waals surface area contributed by atoms with Crippen molar-refractivity contribution in [1.29, 1.82) is 0 Å². The van der Waals surface area contributed by atoms with Crippen molar-refractivity contribution >= 4 is 37.7 Å². The number of carbonyl (C=O) groups excluding carboxylic acids is 1. The van der Waals surface area contributed by atoms with Crippen molar-refractivity contribution in [3.63, 3.8) is 0 Å². The summed E-state index contributed by atoms with van der Waals surface area (Å²) < 4.78 is 12.6. The van der Waals surface area contributed by atoms with Crippen molar-refractivity contribution in [2.45, 2.75) is 53.4 Å². The minimum absolute atomic E-state index is 0.0318. The number of hydrogen-bond donors (Lipinski definition) is 0. The zero-order valence-electron chi connectivity index (χ0n) is 17.5. The number of fused-ring (bicyclic) bond motifs is 2. The molecule has 0 fully saturated rings. The Morgan fingerprint density at radius 1 is 1.14 bits per heavy atom. The molecule has 5 heteroatoms. The van der Waals surface area contributed by atoms with Crippen LogP contribution in [0.25, 0.3) is 20.2 Å². The first-order valence-corrected chi connectivity index (χ1v) is 11.1. The number of carbonyl (C=O) groups is 1. The molecule has 0 saturated carbocycles. The van der Waals surface area contributed by atoms with Gasteiger partial charge in [-0.25, -0.2) is 4.79 Å². The van der Waals surface area contributed by atoms with Gasteiger partial charge in [0.05, 0.1) is 11.3 Å². The van der Waals surface area contributed by atoms with Gasteiger partial charge in [-0.15, -0.1) is 11.3 Å². The van der Waals surface area contributed by atoms with E-state index in [1.807, 2.05) is 44.2 Å². The SMILES string of the molecule is CCCCC(CC)COC(=O)Oc1c(C)cc(C)c2c(=O)c3ccccc3sc12. The number of unbranched alkanes of at least 4 members (excludes halogenated alkanes) is 1. The van der Waals surface area contributed by atoms with Crippen molar-refractivity contribution in [1.82, 2.24) is 0 Å². The third-order valence-electron chi connectivity index (χ3n) is 5.36. The maximum absolute atomic E-state index is 13.0. The fourth-order valence-corrected chi connectivity index (χ4v) is 4.91. The summed E-state index contributed by atoms with van der Waals surface area (Å²) in [6.07, 6.45) is 3.55. The Labute approximate surface area is 175 Å². The smallest absolute Gasteiger partial charge is 0.434 e. The lowest BCUT2D eigenvalue weighted by Gasteiger charge is -2.16. The van der Waals surface area contributed by atoms with E-state index in [1.54, 1.807) is 0 Å². The Hall–Kier alpha value is -2.40. The predicted molar refractivity (Wildman–Crippen MR) is 120 cm³/mol. The summed E-state index contributed by atoms with van der Waals surface area (Å²) >= 11 is 1.47. The van der Waals surface area contributed by atoms with E-state index in [1.165, 1.54) is 11.3 Å². The first-order valence-electron chi connectivity index (χ1n) is 10.3. The van der Waals surface area contributed by atoms with Gasteiger partial charge in [-0.2, -0.15) is 0 Å². The maximum atomic E-state index is 13.0. The minimum Gasteiger partial charge on any atom is -0.434 e. The van der Waals surface area contributed by atoms with E-state index >= 15 is 0 Å². The van der Waals surface area contributed by atoms with Gasteiger partial charge in [0.15, 0.2) is 11.2 Å². The van der Waals surface area contributed by atoms with Crippen molar-refractivity contribution in [3.05, 3.63) is 51.7 Å². The van der Waals surface area contributed by atoms with E-state index < -0.39 is 6.16 Å². The van der Waals surface area contributed by atoms with Gasteiger partial charge in [-0.3, -0.25) is 4.79 Å². The van der Waals surface area contributed by atoms with E-state index in [-0.39, 0.29) is 5.43 Å². The highest BCUT2D eigenvalue weighted by Crippen LogP contribution is 2.36. The quantitative estimate of drug-likeness (QED) is 0.244. The fourth-order valence-electron chi connectivity index (χ4n) is 3.63. The molecule has 1 heterocycles. The molecule has 3 rings (SSSR count). The van der Waals surface area contributed by atoms with Gasteiger partial charge < -0.3 is 9.47 Å². The summed E-state index contributed by atoms with van der Waals surface area (Å²) in [5.74, 6) is 0.767. The van der Waals surface area contributed by atoms with E-state index in [4.69, 9.17) is 9.47 Å². The molecule has 2 aromatic carbocycles. The van der Waals surface area contributed by atoms with Crippen LogP contribution in [0.4, 0.5) is 4.79 Å². The zero-order chi connectivity index (χ0) is 21.0. The van der Waals surface area contributed by atoms with Crippen LogP contribution in [0.5, 0.6) is 5.75 Å². The molecule has 0 spiro atoms. The molecule has 1 aromatic heterocycles. The van der Waals surface area contributed by atoms with Crippen LogP contribution in [0.3, 0.4) is 0 Å². The summed E-state index contributed by atoms with van der Waals surface area (Å²) in [7, 11) is 0. The van der Waals surface area contributed by atoms with Gasteiger partial charge in [-0.1, -0.05) is 51.3 Å². The first-order chi connectivity index (χ1) is 14.0. The molecule has 0 saturated heterocycles. The Morgan fingerprint density at radius 3 is 2.62 bits per heavy atom. The van der Waals surface area contributed by atoms with Gasteiger partial charge in [0.2, 0.25) is 0 Å². The second-order valence-electron chi connectivity index (χ2n) is 7.55. The average Bonchev–Trinajstić information content (AvgIpc) is 2.71. The lowest BCUT2D eigenvalue weighted by molar-refractivity contribution is 0.0814. The fraction of sp³-hybridized carbons (Fsp3) is 0.417. The minimum atomic E-state index is -0.707. The Bertz CT molecular complexity index is 1080. The van der Waals surface area contributed by atoms with Crippen molar-refractivity contribution in [2.75, 3.05) is 6.61 Å². The molecular formula is C24H28O4S. The molecule has 0 N–H and O–H groups in total. The van der Waals surface area contributed by atoms with Crippen LogP contribution in [-0.2, 0) is 4.74 Å². The molecule has 4 nitrogen and oxygen atoms in total. The standard InChI is InChI=1S/C24H28O4S/c1-5-7-10-17(6-2)14-27-24(26)28-22-16(4)13-15(3)20-21(25)18-11-8-9-12-19(18)29-23(20)22/h8-9,11-13,17H,5-7,10,14H2,1-4H3. The summed E-state index contributed by atoms with van der Waals surface area (Å²) in [5.41, 5.74) is 1.67. The molecule has 0 bridgehead atoms. The van der Waals surface area contributed by atoms with Crippen LogP contribution < -0.4 is 10.2 Å². The third kappa shape index (κ3) is 4.61. The molecule has 0 aliphatic heterocycles. The largest absolute Gasteiger partial charge is 0.513 e. The van der Waals surface area contributed by atoms with Gasteiger partial charge in [0.1, 0.15) is 0 Å². The van der Waals surface area contributed by atoms with Gasteiger partial charge in [-0.05, 0) is 49.4 Å². The highest BCUT2D eigenvalue weighted by molar-refractivity contribution is 7.25. The van der Waals surface area contributed by atoms with Crippen LogP contribution in [0.2, 0.25) is 0 Å². The monoisotopic (exact) mass is 412 g/mol. The highest BCUT2D eigenvalue weighted by Gasteiger charge is 2.19. The van der Waals surface area contributed by atoms with E-state index in [0.29, 0.717) is 33.7 Å². The van der Waals surface area contributed by atoms with Crippen LogP contribution in [0.1, 0.15) is 50.7 Å². The second-order valence-corrected chi connectivity index (χ2v) is 8.60. The van der Waals surface area contributed by atoms with Gasteiger partial charge in [0.25, 0.3) is 0 Å². The van der Waals surface area contributed by atoms with Gasteiger partial charge >= 0.3 is 6.16 Å². The molecule has 3 aromatic rings. The Balaban J connectivity index is 1.93. The maximum Gasteiger partial charge on any atom is 0.513 e. The number of rotatable bonds is 7. The number of aryl methyl sites for hydroxylation is 2. The number of benzene rings is 2. The van der Waals surface area contributed by atoms with Gasteiger partial charge in [0, 0.05) is 15.5 Å². The summed E-state index contributed by atoms with van der Waals surface area (Å²) in [6.45, 7) is 8.42. The predicted octanol–water partition coefficient (Wildman–Crippen LogP) is 6.76. The normalized spacial score (nSPS) is 12.3. The Morgan fingerprint density at radius 2 is 1.90 bits per heavy atom. The average molecular weight is 413 g/mol. The molecule has 1 unspecified atom stereocenters. The van der Waals surface area contributed by atoms with Crippen molar-refractivity contribution in [2.24, 2.45) is 5.92 Å². The third-order valence-corrected chi connectivity index (χ3v) is 6.52. The molecule has 0 radical (unpaired) electrons. The summed E-state index contributed by atoms with van der Waals surface area (Å²) in [4.78, 5) is 25.5. The molecule has 0 amide bonds. The molecular weight excluding hydrogens is 384 g/mol. The van der Waals surface area contributed by atoms with Crippen molar-refractivity contribution in [3.8, 4) is 5.75 Å². The number of ether oxygens (including phenoxy) is 2. The molecule has 1 atom stereocenters. The second kappa shape index (κ2) is 9.40. The molecule has 0 aliphatic carbocycles. The molecule has 0 aliphatic rings.